The van der Waals surface area contributed by atoms with Gasteiger partial charge < -0.3 is 30.1 Å². The number of aromatic nitrogens is 2. The normalized spacial score (nSPS) is 22.8. The Labute approximate surface area is 302 Å². The van der Waals surface area contributed by atoms with Gasteiger partial charge in [-0.05, 0) is 80.8 Å². The molecule has 1 aromatic heterocycles. The number of guanidine groups is 1. The fourth-order valence-electron chi connectivity index (χ4n) is 7.68. The van der Waals surface area contributed by atoms with Crippen LogP contribution in [0.5, 0.6) is 5.75 Å². The summed E-state index contributed by atoms with van der Waals surface area (Å²) in [4.78, 5) is 31.1. The average molecular weight is 704 g/mol. The molecule has 12 heteroatoms. The molecule has 3 heterocycles. The van der Waals surface area contributed by atoms with Crippen molar-refractivity contribution >= 4 is 28.4 Å². The van der Waals surface area contributed by atoms with Crippen molar-refractivity contribution < 1.29 is 9.13 Å². The van der Waals surface area contributed by atoms with Crippen LogP contribution in [0.4, 0.5) is 10.1 Å². The number of aryl methyl sites for hydroxylation is 1. The number of anilines is 1. The van der Waals surface area contributed by atoms with Gasteiger partial charge in [0.1, 0.15) is 11.6 Å². The van der Waals surface area contributed by atoms with Crippen molar-refractivity contribution in [3.8, 4) is 5.75 Å². The van der Waals surface area contributed by atoms with Gasteiger partial charge in [-0.2, -0.15) is 0 Å². The van der Waals surface area contributed by atoms with E-state index in [2.05, 4.69) is 55.2 Å². The van der Waals surface area contributed by atoms with Crippen molar-refractivity contribution in [1.82, 2.24) is 29.6 Å². The number of hydrogen-bond acceptors (Lipinski definition) is 7. The molecule has 2 saturated heterocycles. The van der Waals surface area contributed by atoms with Gasteiger partial charge in [0.25, 0.3) is 5.56 Å². The summed E-state index contributed by atoms with van der Waals surface area (Å²) in [6.45, 7) is 14.9. The van der Waals surface area contributed by atoms with Gasteiger partial charge in [0.05, 0.1) is 24.1 Å². The van der Waals surface area contributed by atoms with Gasteiger partial charge in [0, 0.05) is 70.2 Å². The van der Waals surface area contributed by atoms with Gasteiger partial charge >= 0.3 is 0 Å². The van der Waals surface area contributed by atoms with Crippen molar-refractivity contribution in [2.24, 2.45) is 16.3 Å². The van der Waals surface area contributed by atoms with Crippen LogP contribution in [0, 0.1) is 22.6 Å². The van der Waals surface area contributed by atoms with Crippen molar-refractivity contribution in [2.75, 3.05) is 65.3 Å². The van der Waals surface area contributed by atoms with E-state index < -0.39 is 0 Å². The molecule has 0 spiro atoms. The van der Waals surface area contributed by atoms with E-state index in [4.69, 9.17) is 14.7 Å². The van der Waals surface area contributed by atoms with E-state index in [0.29, 0.717) is 58.5 Å². The molecule has 0 bridgehead atoms. The highest BCUT2D eigenvalue weighted by Crippen LogP contribution is 2.40. The standard InChI is InChI=1S/C38H54FN9O2.CH4/c1-25-23-38(3,4)13-11-32(25)44-37(47-16-14-41-26(2)24-47)42-28-8-10-30-33(21-28)43-35(34(40)46-19-17-45(5)18-20-46)48(36(30)49)15-12-27-7-9-29(50-6)22-31(27)39;/h7-10,21-22,25-26,32,40-41H,11-20,23-24H2,1-6H3,(H,42,44);1H4/t25-,26-,32?;/m0./s1. The lowest BCUT2D eigenvalue weighted by atomic mass is 9.71. The summed E-state index contributed by atoms with van der Waals surface area (Å²) in [5.74, 6) is 1.88. The lowest BCUT2D eigenvalue weighted by molar-refractivity contribution is 0.168. The van der Waals surface area contributed by atoms with Crippen LogP contribution in [-0.4, -0.2) is 108 Å². The molecule has 51 heavy (non-hydrogen) atoms. The maximum absolute atomic E-state index is 14.9. The number of fused-ring (bicyclic) bond motifs is 1. The van der Waals surface area contributed by atoms with E-state index >= 15 is 0 Å². The third kappa shape index (κ3) is 8.89. The van der Waals surface area contributed by atoms with Gasteiger partial charge in [-0.1, -0.05) is 34.3 Å². The van der Waals surface area contributed by atoms with Crippen molar-refractivity contribution in [3.05, 3.63) is 64.0 Å². The zero-order valence-corrected chi connectivity index (χ0v) is 30.6. The first-order valence-corrected chi connectivity index (χ1v) is 18.1. The van der Waals surface area contributed by atoms with Crippen molar-refractivity contribution in [3.63, 3.8) is 0 Å². The van der Waals surface area contributed by atoms with E-state index in [1.165, 1.54) is 13.2 Å². The summed E-state index contributed by atoms with van der Waals surface area (Å²) in [6.07, 6.45) is 3.62. The predicted octanol–water partition coefficient (Wildman–Crippen LogP) is 5.27. The van der Waals surface area contributed by atoms with Gasteiger partial charge in [0.2, 0.25) is 0 Å². The molecule has 1 saturated carbocycles. The van der Waals surface area contributed by atoms with E-state index in [1.54, 1.807) is 16.7 Å². The lowest BCUT2D eigenvalue weighted by Gasteiger charge is -2.39. The molecular weight excluding hydrogens is 645 g/mol. The largest absolute Gasteiger partial charge is 0.497 e. The Bertz CT molecular complexity index is 1780. The monoisotopic (exact) mass is 703 g/mol. The zero-order valence-electron chi connectivity index (χ0n) is 30.6. The van der Waals surface area contributed by atoms with Crippen LogP contribution in [-0.2, 0) is 13.0 Å². The van der Waals surface area contributed by atoms with Crippen LogP contribution in [0.2, 0.25) is 0 Å². The quantitative estimate of drug-likeness (QED) is 0.225. The van der Waals surface area contributed by atoms with E-state index in [9.17, 15) is 14.6 Å². The van der Waals surface area contributed by atoms with Crippen LogP contribution in [0.25, 0.3) is 10.9 Å². The Balaban J connectivity index is 0.00000504. The third-order valence-electron chi connectivity index (χ3n) is 10.7. The van der Waals surface area contributed by atoms with E-state index in [-0.39, 0.29) is 43.6 Å². The number of likely N-dealkylation sites (N-methyl/N-ethyl adjacent to an activating group) is 1. The second-order valence-corrected chi connectivity index (χ2v) is 15.3. The van der Waals surface area contributed by atoms with Gasteiger partial charge in [-0.15, -0.1) is 0 Å². The molecule has 0 radical (unpaired) electrons. The molecule has 3 fully saturated rings. The molecule has 2 aliphatic heterocycles. The highest BCUT2D eigenvalue weighted by Gasteiger charge is 2.33. The minimum Gasteiger partial charge on any atom is -0.497 e. The van der Waals surface area contributed by atoms with Crippen LogP contribution in [0.3, 0.4) is 0 Å². The Kier molecular flexibility index (Phi) is 12.1. The second kappa shape index (κ2) is 16.1. The molecule has 6 rings (SSSR count). The molecule has 3 N–H and O–H groups in total. The summed E-state index contributed by atoms with van der Waals surface area (Å²) in [6, 6.07) is 11.0. The number of ether oxygens (including phenoxy) is 1. The van der Waals surface area contributed by atoms with Gasteiger partial charge in [-0.25, -0.2) is 14.4 Å². The maximum Gasteiger partial charge on any atom is 0.261 e. The average Bonchev–Trinajstić information content (AvgIpc) is 3.08. The molecule has 3 aliphatic rings. The maximum atomic E-state index is 14.9. The first-order chi connectivity index (χ1) is 23.9. The van der Waals surface area contributed by atoms with Crippen LogP contribution in [0.15, 0.2) is 46.2 Å². The van der Waals surface area contributed by atoms with Crippen LogP contribution < -0.4 is 20.9 Å². The Morgan fingerprint density at radius 3 is 2.57 bits per heavy atom. The number of piperazine rings is 2. The fourth-order valence-corrected chi connectivity index (χ4v) is 7.68. The number of amidine groups is 1. The lowest BCUT2D eigenvalue weighted by Crippen LogP contribution is -2.53. The highest BCUT2D eigenvalue weighted by atomic mass is 19.1. The summed E-state index contributed by atoms with van der Waals surface area (Å²) < 4.78 is 21.6. The Morgan fingerprint density at radius 1 is 1.12 bits per heavy atom. The van der Waals surface area contributed by atoms with E-state index in [0.717, 1.165) is 63.6 Å². The minimum absolute atomic E-state index is 0. The molecule has 1 aliphatic carbocycles. The molecule has 3 atom stereocenters. The molecule has 11 nitrogen and oxygen atoms in total. The second-order valence-electron chi connectivity index (χ2n) is 15.3. The number of benzene rings is 2. The van der Waals surface area contributed by atoms with Crippen LogP contribution in [0.1, 0.15) is 65.8 Å². The summed E-state index contributed by atoms with van der Waals surface area (Å²) in [5.41, 5.74) is 1.87. The third-order valence-corrected chi connectivity index (χ3v) is 10.7. The molecule has 0 amide bonds. The van der Waals surface area contributed by atoms with Crippen molar-refractivity contribution in [2.45, 2.75) is 79.4 Å². The summed E-state index contributed by atoms with van der Waals surface area (Å²) >= 11 is 0. The zero-order chi connectivity index (χ0) is 35.6. The van der Waals surface area contributed by atoms with E-state index in [1.807, 2.05) is 23.1 Å². The SMILES string of the molecule is C.COc1ccc(CCn2c(C(=N)N3CCN(C)CC3)nc3cc(NC(=NC4CCC(C)(C)C[C@@H]4C)N4CCN[C@@H](C)C4)ccc3c2=O)c(F)c1. The van der Waals surface area contributed by atoms with Crippen LogP contribution >= 0.6 is 0 Å². The van der Waals surface area contributed by atoms with Gasteiger partial charge in [-0.3, -0.25) is 14.8 Å². The Morgan fingerprint density at radius 2 is 1.88 bits per heavy atom. The minimum atomic E-state index is -0.389. The fraction of sp³-hybridized carbons (Fsp3) is 0.590. The number of methoxy groups -OCH3 is 1. The molecule has 2 aromatic carbocycles. The number of nitrogens with one attached hydrogen (secondary N) is 3. The smallest absolute Gasteiger partial charge is 0.261 e. The predicted molar refractivity (Wildman–Crippen MR) is 206 cm³/mol. The number of hydrogen-bond donors (Lipinski definition) is 3. The number of aliphatic imine (C=N–C) groups is 1. The molecule has 1 unspecified atom stereocenters. The Hall–Kier alpha value is -4.03. The summed E-state index contributed by atoms with van der Waals surface area (Å²) in [5, 5.41) is 16.9. The topological polar surface area (TPSA) is 114 Å². The number of halogens is 1. The van der Waals surface area contributed by atoms with Gasteiger partial charge in [0.15, 0.2) is 17.6 Å². The molecule has 278 valence electrons. The number of rotatable bonds is 7. The summed E-state index contributed by atoms with van der Waals surface area (Å²) in [7, 11) is 3.57. The first-order valence-electron chi connectivity index (χ1n) is 18.1. The first kappa shape index (κ1) is 38.2. The number of nitrogens with zero attached hydrogens (tertiary/aromatic N) is 6. The molecule has 3 aromatic rings. The molecular formula is C39H58FN9O2. The van der Waals surface area contributed by atoms with Crippen molar-refractivity contribution in [1.29, 1.82) is 5.41 Å². The highest BCUT2D eigenvalue weighted by molar-refractivity contribution is 5.98.